The average Bonchev–Trinajstić information content (AvgIpc) is 3.10. The molecule has 3 rings (SSSR count). The van der Waals surface area contributed by atoms with Crippen LogP contribution in [0, 0.1) is 17.8 Å². The molecule has 0 radical (unpaired) electrons. The zero-order valence-electron chi connectivity index (χ0n) is 13.7. The molecule has 3 atom stereocenters. The highest BCUT2D eigenvalue weighted by molar-refractivity contribution is 6.30. The first-order chi connectivity index (χ1) is 11.0. The molecule has 0 unspecified atom stereocenters. The fraction of sp³-hybridized carbons (Fsp3) is 0.556. The predicted octanol–water partition coefficient (Wildman–Crippen LogP) is 3.59. The van der Waals surface area contributed by atoms with Gasteiger partial charge in [-0.05, 0) is 54.7 Å². The molecule has 2 aromatic rings. The fourth-order valence-corrected chi connectivity index (χ4v) is 4.22. The molecule has 1 aliphatic rings. The molecule has 1 aliphatic carbocycles. The summed E-state index contributed by atoms with van der Waals surface area (Å²) >= 11 is 5.98. The number of rotatable bonds is 5. The van der Waals surface area contributed by atoms with Crippen LogP contribution in [0.3, 0.4) is 0 Å². The minimum atomic E-state index is -0.749. The van der Waals surface area contributed by atoms with Crippen molar-refractivity contribution in [3.05, 3.63) is 47.5 Å². The van der Waals surface area contributed by atoms with E-state index in [1.807, 2.05) is 12.1 Å². The Kier molecular flexibility index (Phi) is 4.74. The van der Waals surface area contributed by atoms with Gasteiger partial charge in [0.2, 0.25) is 0 Å². The number of hydrogen-bond donors (Lipinski definition) is 1. The lowest BCUT2D eigenvalue weighted by Crippen LogP contribution is -2.46. The molecule has 1 N–H and O–H groups in total. The van der Waals surface area contributed by atoms with Crippen molar-refractivity contribution < 1.29 is 5.11 Å². The zero-order chi connectivity index (χ0) is 16.4. The van der Waals surface area contributed by atoms with E-state index in [1.165, 1.54) is 11.9 Å². The molecule has 1 heterocycles. The van der Waals surface area contributed by atoms with Crippen LogP contribution < -0.4 is 0 Å². The highest BCUT2D eigenvalue weighted by Gasteiger charge is 2.50. The maximum absolute atomic E-state index is 11.6. The third-order valence-corrected chi connectivity index (χ3v) is 5.51. The minimum Gasteiger partial charge on any atom is -0.387 e. The molecule has 23 heavy (non-hydrogen) atoms. The lowest BCUT2D eigenvalue weighted by atomic mass is 9.76. The van der Waals surface area contributed by atoms with Crippen molar-refractivity contribution in [2.24, 2.45) is 17.8 Å². The molecule has 1 aromatic carbocycles. The van der Waals surface area contributed by atoms with Crippen LogP contribution in [0.5, 0.6) is 0 Å². The van der Waals surface area contributed by atoms with Crippen molar-refractivity contribution in [2.75, 3.05) is 0 Å². The van der Waals surface area contributed by atoms with Gasteiger partial charge in [-0.2, -0.15) is 5.10 Å². The first-order valence-corrected chi connectivity index (χ1v) is 8.66. The van der Waals surface area contributed by atoms with E-state index in [2.05, 4.69) is 36.1 Å². The summed E-state index contributed by atoms with van der Waals surface area (Å²) in [5.74, 6) is 0.947. The highest BCUT2D eigenvalue weighted by Crippen LogP contribution is 2.46. The minimum absolute atomic E-state index is 0.222. The van der Waals surface area contributed by atoms with E-state index in [1.54, 1.807) is 11.0 Å². The second-order valence-electron chi connectivity index (χ2n) is 7.04. The average molecular weight is 334 g/mol. The molecule has 1 aromatic heterocycles. The second-order valence-corrected chi connectivity index (χ2v) is 7.48. The number of nitrogens with zero attached hydrogens (tertiary/aromatic N) is 3. The van der Waals surface area contributed by atoms with E-state index in [0.29, 0.717) is 12.5 Å². The van der Waals surface area contributed by atoms with Crippen LogP contribution >= 0.6 is 11.6 Å². The molecule has 0 bridgehead atoms. The molecule has 5 heteroatoms. The third kappa shape index (κ3) is 3.43. The molecular formula is C18H24ClN3O. The predicted molar refractivity (Wildman–Crippen MR) is 91.2 cm³/mol. The maximum atomic E-state index is 11.6. The van der Waals surface area contributed by atoms with E-state index in [4.69, 9.17) is 11.6 Å². The van der Waals surface area contributed by atoms with Crippen LogP contribution in [0.4, 0.5) is 0 Å². The summed E-state index contributed by atoms with van der Waals surface area (Å²) in [4.78, 5) is 4.01. The normalized spacial score (nSPS) is 27.7. The van der Waals surface area contributed by atoms with Crippen LogP contribution in [-0.4, -0.2) is 25.5 Å². The molecular weight excluding hydrogens is 310 g/mol. The van der Waals surface area contributed by atoms with Crippen molar-refractivity contribution in [1.29, 1.82) is 0 Å². The lowest BCUT2D eigenvalue weighted by Gasteiger charge is -2.37. The summed E-state index contributed by atoms with van der Waals surface area (Å²) in [6.07, 6.45) is 6.17. The molecule has 124 valence electrons. The van der Waals surface area contributed by atoms with Crippen molar-refractivity contribution >= 4 is 11.6 Å². The highest BCUT2D eigenvalue weighted by atomic mass is 35.5. The van der Waals surface area contributed by atoms with Gasteiger partial charge < -0.3 is 5.11 Å². The molecule has 0 spiro atoms. The van der Waals surface area contributed by atoms with Crippen LogP contribution in [0.25, 0.3) is 0 Å². The van der Waals surface area contributed by atoms with Gasteiger partial charge in [-0.25, -0.2) is 4.98 Å². The van der Waals surface area contributed by atoms with Gasteiger partial charge in [-0.15, -0.1) is 0 Å². The third-order valence-electron chi connectivity index (χ3n) is 5.26. The van der Waals surface area contributed by atoms with E-state index in [9.17, 15) is 5.11 Å². The number of halogens is 1. The van der Waals surface area contributed by atoms with E-state index in [0.717, 1.165) is 24.3 Å². The summed E-state index contributed by atoms with van der Waals surface area (Å²) in [5.41, 5.74) is 0.474. The Hall–Kier alpha value is -1.39. The van der Waals surface area contributed by atoms with Crippen LogP contribution in [-0.2, 0) is 13.0 Å². The molecule has 1 saturated carbocycles. The van der Waals surface area contributed by atoms with Gasteiger partial charge in [0.1, 0.15) is 12.7 Å². The largest absolute Gasteiger partial charge is 0.387 e. The van der Waals surface area contributed by atoms with Crippen molar-refractivity contribution in [2.45, 2.75) is 45.3 Å². The SMILES string of the molecule is CC(C)[C@H]1CC[C@H](Cc2ccc(Cl)cc2)[C@@]1(O)Cn1cncn1. The Bertz CT molecular complexity index is 626. The number of aromatic nitrogens is 3. The Balaban J connectivity index is 1.83. The standard InChI is InChI=1S/C18H24ClN3O/c1-13(2)17-8-5-15(9-14-3-6-16(19)7-4-14)18(17,23)10-22-12-20-11-21-22/h3-4,6-7,11-13,15,17,23H,5,8-10H2,1-2H3/t15-,17-,18+/m1/s1. The monoisotopic (exact) mass is 333 g/mol. The zero-order valence-corrected chi connectivity index (χ0v) is 14.4. The smallest absolute Gasteiger partial charge is 0.137 e. The Morgan fingerprint density at radius 1 is 1.30 bits per heavy atom. The number of hydrogen-bond acceptors (Lipinski definition) is 3. The van der Waals surface area contributed by atoms with Gasteiger partial charge in [0.05, 0.1) is 12.1 Å². The van der Waals surface area contributed by atoms with Gasteiger partial charge in [0, 0.05) is 5.02 Å². The van der Waals surface area contributed by atoms with Gasteiger partial charge in [0.25, 0.3) is 0 Å². The molecule has 0 saturated heterocycles. The van der Waals surface area contributed by atoms with E-state index < -0.39 is 5.60 Å². The van der Waals surface area contributed by atoms with E-state index >= 15 is 0 Å². The second kappa shape index (κ2) is 6.62. The van der Waals surface area contributed by atoms with Crippen molar-refractivity contribution in [1.82, 2.24) is 14.8 Å². The van der Waals surface area contributed by atoms with Gasteiger partial charge in [-0.3, -0.25) is 4.68 Å². The molecule has 4 nitrogen and oxygen atoms in total. The van der Waals surface area contributed by atoms with Crippen LogP contribution in [0.1, 0.15) is 32.3 Å². The topological polar surface area (TPSA) is 50.9 Å². The molecule has 0 aliphatic heterocycles. The van der Waals surface area contributed by atoms with Crippen molar-refractivity contribution in [3.63, 3.8) is 0 Å². The lowest BCUT2D eigenvalue weighted by molar-refractivity contribution is -0.0667. The van der Waals surface area contributed by atoms with Gasteiger partial charge in [0.15, 0.2) is 0 Å². The quantitative estimate of drug-likeness (QED) is 0.909. The fourth-order valence-electron chi connectivity index (χ4n) is 4.10. The first-order valence-electron chi connectivity index (χ1n) is 8.28. The van der Waals surface area contributed by atoms with Gasteiger partial charge in [-0.1, -0.05) is 37.6 Å². The maximum Gasteiger partial charge on any atom is 0.137 e. The van der Waals surface area contributed by atoms with Crippen LogP contribution in [0.2, 0.25) is 5.02 Å². The van der Waals surface area contributed by atoms with E-state index in [-0.39, 0.29) is 11.8 Å². The summed E-state index contributed by atoms with van der Waals surface area (Å²) in [6.45, 7) is 4.90. The summed E-state index contributed by atoms with van der Waals surface area (Å²) in [7, 11) is 0. The number of aliphatic hydroxyl groups is 1. The first kappa shape index (κ1) is 16.5. The Morgan fingerprint density at radius 2 is 2.04 bits per heavy atom. The molecule has 1 fully saturated rings. The summed E-state index contributed by atoms with van der Waals surface area (Å²) in [6, 6.07) is 7.95. The van der Waals surface area contributed by atoms with Crippen LogP contribution in [0.15, 0.2) is 36.9 Å². The van der Waals surface area contributed by atoms with Crippen molar-refractivity contribution in [3.8, 4) is 0 Å². The summed E-state index contributed by atoms with van der Waals surface area (Å²) < 4.78 is 1.76. The van der Waals surface area contributed by atoms with Gasteiger partial charge >= 0.3 is 0 Å². The Morgan fingerprint density at radius 3 is 2.65 bits per heavy atom. The summed E-state index contributed by atoms with van der Waals surface area (Å²) in [5, 5.41) is 16.5. The Labute approximate surface area is 142 Å². The molecule has 0 amide bonds. The number of benzene rings is 1.